The molecule has 2 aromatic rings. The molecule has 1 saturated carbocycles. The van der Waals surface area contributed by atoms with E-state index in [9.17, 15) is 22.8 Å². The van der Waals surface area contributed by atoms with Crippen molar-refractivity contribution in [2.45, 2.75) is 46.7 Å². The highest BCUT2D eigenvalue weighted by molar-refractivity contribution is 6.04. The first-order valence-electron chi connectivity index (χ1n) is 11.8. The number of rotatable bonds is 9. The average molecular weight is 492 g/mol. The lowest BCUT2D eigenvalue weighted by Crippen LogP contribution is -2.33. The van der Waals surface area contributed by atoms with Crippen molar-refractivity contribution >= 4 is 29.1 Å². The van der Waals surface area contributed by atoms with Gasteiger partial charge in [-0.15, -0.1) is 0 Å². The molecule has 0 saturated heterocycles. The number of carbonyl (C=O) groups excluding carboxylic acids is 2. The second kappa shape index (κ2) is 11.0. The zero-order valence-corrected chi connectivity index (χ0v) is 20.4. The minimum absolute atomic E-state index is 0.163. The maximum Gasteiger partial charge on any atom is 0.418 e. The smallest absolute Gasteiger partial charge is 0.418 e. The predicted octanol–water partition coefficient (Wildman–Crippen LogP) is 6.78. The molecule has 9 heteroatoms. The fourth-order valence-corrected chi connectivity index (χ4v) is 3.76. The summed E-state index contributed by atoms with van der Waals surface area (Å²) in [7, 11) is 0. The van der Waals surface area contributed by atoms with E-state index in [-0.39, 0.29) is 29.0 Å². The molecule has 1 aliphatic rings. The number of nitrogens with zero attached hydrogens (tertiary/aromatic N) is 1. The number of alkyl halides is 3. The number of urea groups is 1. The number of para-hydroxylation sites is 2. The van der Waals surface area contributed by atoms with Crippen LogP contribution in [0, 0.1) is 17.8 Å². The molecule has 0 bridgehead atoms. The molecule has 2 aromatic carbocycles. The third kappa shape index (κ3) is 7.37. The molecular weight excluding hydrogens is 459 g/mol. The average Bonchev–Trinajstić information content (AvgIpc) is 3.59. The van der Waals surface area contributed by atoms with Crippen molar-refractivity contribution in [3.8, 4) is 5.75 Å². The normalized spacial score (nSPS) is 13.6. The van der Waals surface area contributed by atoms with Gasteiger partial charge in [-0.3, -0.25) is 4.79 Å². The van der Waals surface area contributed by atoms with Gasteiger partial charge in [0, 0.05) is 13.1 Å². The number of benzene rings is 2. The number of nitrogens with one attached hydrogen (secondary N) is 2. The summed E-state index contributed by atoms with van der Waals surface area (Å²) < 4.78 is 45.8. The Labute approximate surface area is 203 Å². The maximum atomic E-state index is 13.4. The summed E-state index contributed by atoms with van der Waals surface area (Å²) in [5.41, 5.74) is -0.449. The third-order valence-electron chi connectivity index (χ3n) is 5.36. The van der Waals surface area contributed by atoms with Crippen LogP contribution in [0.3, 0.4) is 0 Å². The van der Waals surface area contributed by atoms with E-state index in [1.54, 1.807) is 18.2 Å². The van der Waals surface area contributed by atoms with Gasteiger partial charge in [-0.25, -0.2) is 4.79 Å². The molecule has 6 nitrogen and oxygen atoms in total. The van der Waals surface area contributed by atoms with E-state index in [0.29, 0.717) is 30.6 Å². The quantitative estimate of drug-likeness (QED) is 0.300. The lowest BCUT2D eigenvalue weighted by Gasteiger charge is -2.31. The van der Waals surface area contributed by atoms with E-state index in [0.717, 1.165) is 18.9 Å². The lowest BCUT2D eigenvalue weighted by atomic mass is 10.1. The van der Waals surface area contributed by atoms with Gasteiger partial charge in [0.05, 0.1) is 22.9 Å². The van der Waals surface area contributed by atoms with E-state index in [4.69, 9.17) is 4.74 Å². The van der Waals surface area contributed by atoms with E-state index >= 15 is 0 Å². The highest BCUT2D eigenvalue weighted by atomic mass is 19.4. The summed E-state index contributed by atoms with van der Waals surface area (Å²) in [4.78, 5) is 27.4. The molecular formula is C26H32F3N3O3. The maximum absolute atomic E-state index is 13.4. The van der Waals surface area contributed by atoms with Crippen molar-refractivity contribution in [3.63, 3.8) is 0 Å². The van der Waals surface area contributed by atoms with Crippen LogP contribution in [-0.2, 0) is 11.0 Å². The van der Waals surface area contributed by atoms with Crippen LogP contribution < -0.4 is 20.3 Å². The highest BCUT2D eigenvalue weighted by Crippen LogP contribution is 2.39. The van der Waals surface area contributed by atoms with Crippen molar-refractivity contribution in [2.24, 2.45) is 17.8 Å². The molecule has 0 spiro atoms. The van der Waals surface area contributed by atoms with Crippen LogP contribution in [0.1, 0.15) is 46.1 Å². The van der Waals surface area contributed by atoms with Crippen LogP contribution in [-0.4, -0.2) is 25.1 Å². The molecule has 1 fully saturated rings. The Bertz CT molecular complexity index is 1040. The van der Waals surface area contributed by atoms with Crippen molar-refractivity contribution in [2.75, 3.05) is 28.6 Å². The van der Waals surface area contributed by atoms with E-state index < -0.39 is 17.8 Å². The molecule has 2 N–H and O–H groups in total. The Hall–Kier alpha value is -3.23. The van der Waals surface area contributed by atoms with Crippen LogP contribution in [0.25, 0.3) is 0 Å². The lowest BCUT2D eigenvalue weighted by molar-refractivity contribution is -0.137. The predicted molar refractivity (Wildman–Crippen MR) is 131 cm³/mol. The Balaban J connectivity index is 1.96. The van der Waals surface area contributed by atoms with Gasteiger partial charge in [-0.2, -0.15) is 13.2 Å². The fraction of sp³-hybridized carbons (Fsp3) is 0.462. The number of amides is 2. The monoisotopic (exact) mass is 491 g/mol. The summed E-state index contributed by atoms with van der Waals surface area (Å²) in [6.45, 7) is 9.61. The van der Waals surface area contributed by atoms with Gasteiger partial charge in [0.2, 0.25) is 0 Å². The minimum atomic E-state index is -4.63. The molecule has 0 aromatic heterocycles. The molecule has 1 aliphatic carbocycles. The fourth-order valence-electron chi connectivity index (χ4n) is 3.76. The molecule has 0 heterocycles. The Morgan fingerprint density at radius 1 is 0.971 bits per heavy atom. The van der Waals surface area contributed by atoms with Crippen LogP contribution in [0.2, 0.25) is 0 Å². The molecule has 0 aliphatic heterocycles. The number of ether oxygens (including phenoxy) is 1. The van der Waals surface area contributed by atoms with Crippen molar-refractivity contribution in [1.82, 2.24) is 0 Å². The third-order valence-corrected chi connectivity index (χ3v) is 5.36. The standard InChI is InChI=1S/C26H32F3N3O3/c1-16(2)14-32(15-17(3)4)21-10-7-11-22(35-24(33)18-12-13-18)23(21)31-25(34)30-20-9-6-5-8-19(20)26(27,28)29/h5-11,16-18H,12-15H2,1-4H3,(H2,30,31,34). The largest absolute Gasteiger partial charge is 0.424 e. The van der Waals surface area contributed by atoms with Crippen molar-refractivity contribution in [3.05, 3.63) is 48.0 Å². The number of anilines is 3. The minimum Gasteiger partial charge on any atom is -0.424 e. The molecule has 35 heavy (non-hydrogen) atoms. The summed E-state index contributed by atoms with van der Waals surface area (Å²) >= 11 is 0. The van der Waals surface area contributed by atoms with Gasteiger partial charge >= 0.3 is 18.2 Å². The first kappa shape index (κ1) is 26.4. The molecule has 0 atom stereocenters. The Morgan fingerprint density at radius 3 is 2.17 bits per heavy atom. The van der Waals surface area contributed by atoms with Crippen molar-refractivity contribution < 1.29 is 27.5 Å². The summed E-state index contributed by atoms with van der Waals surface area (Å²) in [6.07, 6.45) is -3.12. The van der Waals surface area contributed by atoms with Crippen LogP contribution in [0.5, 0.6) is 5.75 Å². The number of hydrogen-bond acceptors (Lipinski definition) is 4. The van der Waals surface area contributed by atoms with Crippen LogP contribution in [0.4, 0.5) is 35.0 Å². The summed E-state index contributed by atoms with van der Waals surface area (Å²) in [5.74, 6) is 0.211. The van der Waals surface area contributed by atoms with Crippen LogP contribution in [0.15, 0.2) is 42.5 Å². The molecule has 190 valence electrons. The Morgan fingerprint density at radius 2 is 1.60 bits per heavy atom. The van der Waals surface area contributed by atoms with Gasteiger partial charge in [-0.05, 0) is 48.9 Å². The van der Waals surface area contributed by atoms with E-state index in [1.807, 2.05) is 0 Å². The van der Waals surface area contributed by atoms with Gasteiger partial charge in [-0.1, -0.05) is 45.9 Å². The van der Waals surface area contributed by atoms with Gasteiger partial charge in [0.25, 0.3) is 0 Å². The molecule has 0 unspecified atom stereocenters. The summed E-state index contributed by atoms with van der Waals surface area (Å²) in [5, 5.41) is 4.96. The first-order chi connectivity index (χ1) is 16.5. The topological polar surface area (TPSA) is 70.7 Å². The second-order valence-electron chi connectivity index (χ2n) is 9.66. The zero-order valence-electron chi connectivity index (χ0n) is 20.4. The Kier molecular flexibility index (Phi) is 8.30. The van der Waals surface area contributed by atoms with Gasteiger partial charge < -0.3 is 20.3 Å². The summed E-state index contributed by atoms with van der Waals surface area (Å²) in [6, 6.07) is 9.00. The zero-order chi connectivity index (χ0) is 25.8. The highest BCUT2D eigenvalue weighted by Gasteiger charge is 2.34. The first-order valence-corrected chi connectivity index (χ1v) is 11.8. The second-order valence-corrected chi connectivity index (χ2v) is 9.66. The van der Waals surface area contributed by atoms with Gasteiger partial charge in [0.15, 0.2) is 5.75 Å². The number of halogens is 3. The molecule has 0 radical (unpaired) electrons. The molecule has 3 rings (SSSR count). The van der Waals surface area contributed by atoms with Gasteiger partial charge in [0.1, 0.15) is 5.69 Å². The van der Waals surface area contributed by atoms with E-state index in [1.165, 1.54) is 18.2 Å². The SMILES string of the molecule is CC(C)CN(CC(C)C)c1cccc(OC(=O)C2CC2)c1NC(=O)Nc1ccccc1C(F)(F)F. The number of hydrogen-bond donors (Lipinski definition) is 2. The van der Waals surface area contributed by atoms with Crippen molar-refractivity contribution in [1.29, 1.82) is 0 Å². The van der Waals surface area contributed by atoms with Crippen LogP contribution >= 0.6 is 0 Å². The number of carbonyl (C=O) groups is 2. The molecule has 2 amide bonds. The number of esters is 1. The van der Waals surface area contributed by atoms with E-state index in [2.05, 4.69) is 43.2 Å².